The van der Waals surface area contributed by atoms with E-state index in [1.54, 1.807) is 12.1 Å². The zero-order valence-corrected chi connectivity index (χ0v) is 12.0. The molecule has 0 fully saturated rings. The molecule has 0 saturated carbocycles. The number of benzene rings is 1. The zero-order chi connectivity index (χ0) is 15.0. The number of anilines is 1. The maximum absolute atomic E-state index is 12.2. The Hall–Kier alpha value is -1.34. The molecule has 2 N–H and O–H groups in total. The maximum atomic E-state index is 12.2. The number of amides is 2. The predicted octanol–water partition coefficient (Wildman–Crippen LogP) is 3.24. The summed E-state index contributed by atoms with van der Waals surface area (Å²) in [7, 11) is 0. The SMILES string of the molecule is CCCN(CCO)C(=O)Nc1ccc(SC(F)F)cc1. The molecule has 0 bridgehead atoms. The molecule has 0 atom stereocenters. The summed E-state index contributed by atoms with van der Waals surface area (Å²) in [4.78, 5) is 13.9. The molecule has 0 spiro atoms. The van der Waals surface area contributed by atoms with Crippen LogP contribution in [0.1, 0.15) is 13.3 Å². The molecule has 0 heterocycles. The summed E-state index contributed by atoms with van der Waals surface area (Å²) in [6, 6.07) is 5.90. The number of halogens is 2. The van der Waals surface area contributed by atoms with Crippen molar-refractivity contribution in [1.29, 1.82) is 0 Å². The van der Waals surface area contributed by atoms with Crippen molar-refractivity contribution in [1.82, 2.24) is 4.90 Å². The highest BCUT2D eigenvalue weighted by atomic mass is 32.2. The Balaban J connectivity index is 2.60. The third-order valence-corrected chi connectivity index (χ3v) is 3.20. The van der Waals surface area contributed by atoms with Crippen LogP contribution < -0.4 is 5.32 Å². The number of hydrogen-bond acceptors (Lipinski definition) is 3. The number of rotatable bonds is 7. The van der Waals surface area contributed by atoms with Crippen LogP contribution in [0.15, 0.2) is 29.2 Å². The van der Waals surface area contributed by atoms with Crippen LogP contribution in [0.25, 0.3) is 0 Å². The predicted molar refractivity (Wildman–Crippen MR) is 76.3 cm³/mol. The molecule has 0 aromatic heterocycles. The van der Waals surface area contributed by atoms with E-state index in [1.807, 2.05) is 6.92 Å². The van der Waals surface area contributed by atoms with Gasteiger partial charge in [-0.1, -0.05) is 18.7 Å². The third kappa shape index (κ3) is 5.75. The second-order valence-electron chi connectivity index (χ2n) is 4.04. The summed E-state index contributed by atoms with van der Waals surface area (Å²) in [6.45, 7) is 2.65. The van der Waals surface area contributed by atoms with Gasteiger partial charge in [-0.05, 0) is 30.7 Å². The lowest BCUT2D eigenvalue weighted by atomic mass is 10.3. The Morgan fingerprint density at radius 3 is 2.50 bits per heavy atom. The summed E-state index contributed by atoms with van der Waals surface area (Å²) in [5, 5.41) is 11.6. The Bertz CT molecular complexity index is 409. The van der Waals surface area contributed by atoms with Gasteiger partial charge in [0.1, 0.15) is 0 Å². The Labute approximate surface area is 121 Å². The highest BCUT2D eigenvalue weighted by Crippen LogP contribution is 2.26. The Morgan fingerprint density at radius 1 is 1.35 bits per heavy atom. The van der Waals surface area contributed by atoms with Gasteiger partial charge in [0.2, 0.25) is 0 Å². The van der Waals surface area contributed by atoms with Crippen molar-refractivity contribution >= 4 is 23.5 Å². The molecule has 7 heteroatoms. The molecule has 0 radical (unpaired) electrons. The van der Waals surface area contributed by atoms with Crippen molar-refractivity contribution in [3.63, 3.8) is 0 Å². The van der Waals surface area contributed by atoms with E-state index in [1.165, 1.54) is 17.0 Å². The Kier molecular flexibility index (Phi) is 7.32. The fourth-order valence-corrected chi connectivity index (χ4v) is 2.13. The lowest BCUT2D eigenvalue weighted by molar-refractivity contribution is 0.188. The van der Waals surface area contributed by atoms with Crippen molar-refractivity contribution in [3.8, 4) is 0 Å². The highest BCUT2D eigenvalue weighted by molar-refractivity contribution is 7.99. The lowest BCUT2D eigenvalue weighted by Gasteiger charge is -2.21. The minimum absolute atomic E-state index is 0.0998. The van der Waals surface area contributed by atoms with Crippen LogP contribution in [0.3, 0.4) is 0 Å². The van der Waals surface area contributed by atoms with Crippen LogP contribution in [-0.4, -0.2) is 41.5 Å². The molecular weight excluding hydrogens is 286 g/mol. The number of urea groups is 1. The number of nitrogens with one attached hydrogen (secondary N) is 1. The summed E-state index contributed by atoms with van der Waals surface area (Å²) in [5.74, 6) is -2.46. The quantitative estimate of drug-likeness (QED) is 0.760. The van der Waals surface area contributed by atoms with Gasteiger partial charge in [0.05, 0.1) is 6.61 Å². The fraction of sp³-hybridized carbons (Fsp3) is 0.462. The molecular formula is C13H18F2N2O2S. The molecule has 0 aliphatic rings. The number of carbonyl (C=O) groups is 1. The van der Waals surface area contributed by atoms with Crippen LogP contribution in [0.5, 0.6) is 0 Å². The van der Waals surface area contributed by atoms with Crippen LogP contribution in [0.4, 0.5) is 19.3 Å². The number of hydrogen-bond donors (Lipinski definition) is 2. The Morgan fingerprint density at radius 2 is 2.00 bits per heavy atom. The fourth-order valence-electron chi connectivity index (χ4n) is 1.63. The van der Waals surface area contributed by atoms with Crippen molar-refractivity contribution in [2.75, 3.05) is 25.0 Å². The normalized spacial score (nSPS) is 10.7. The van der Waals surface area contributed by atoms with E-state index >= 15 is 0 Å². The molecule has 112 valence electrons. The average Bonchev–Trinajstić information content (AvgIpc) is 2.40. The van der Waals surface area contributed by atoms with Gasteiger partial charge in [0, 0.05) is 23.7 Å². The molecule has 0 unspecified atom stereocenters. The van der Waals surface area contributed by atoms with Crippen molar-refractivity contribution in [2.45, 2.75) is 24.0 Å². The van der Waals surface area contributed by atoms with E-state index in [4.69, 9.17) is 5.11 Å². The minimum atomic E-state index is -2.46. The summed E-state index contributed by atoms with van der Waals surface area (Å²) in [6.07, 6.45) is 0.789. The standard InChI is InChI=1S/C13H18F2N2O2S/c1-2-7-17(8-9-18)13(19)16-10-3-5-11(6-4-10)20-12(14)15/h3-6,12,18H,2,7-9H2,1H3,(H,16,19). The molecule has 20 heavy (non-hydrogen) atoms. The number of aliphatic hydroxyl groups excluding tert-OH is 1. The van der Waals surface area contributed by atoms with E-state index in [2.05, 4.69) is 5.32 Å². The van der Waals surface area contributed by atoms with E-state index < -0.39 is 5.76 Å². The number of thioether (sulfide) groups is 1. The molecule has 2 amide bonds. The average molecular weight is 304 g/mol. The van der Waals surface area contributed by atoms with E-state index in [-0.39, 0.29) is 19.2 Å². The van der Waals surface area contributed by atoms with Gasteiger partial charge in [-0.25, -0.2) is 4.79 Å². The van der Waals surface area contributed by atoms with Gasteiger partial charge < -0.3 is 15.3 Å². The van der Waals surface area contributed by atoms with Gasteiger partial charge in [-0.15, -0.1) is 0 Å². The summed E-state index contributed by atoms with van der Waals surface area (Å²) in [5.41, 5.74) is 0.535. The number of carbonyl (C=O) groups excluding carboxylic acids is 1. The minimum Gasteiger partial charge on any atom is -0.395 e. The maximum Gasteiger partial charge on any atom is 0.321 e. The topological polar surface area (TPSA) is 52.6 Å². The first-order valence-corrected chi connectivity index (χ1v) is 7.16. The molecule has 0 aliphatic carbocycles. The van der Waals surface area contributed by atoms with Crippen molar-refractivity contribution in [2.24, 2.45) is 0 Å². The molecule has 1 aromatic carbocycles. The van der Waals surface area contributed by atoms with Gasteiger partial charge in [0.15, 0.2) is 0 Å². The van der Waals surface area contributed by atoms with Crippen LogP contribution >= 0.6 is 11.8 Å². The molecule has 0 aliphatic heterocycles. The second kappa shape index (κ2) is 8.76. The zero-order valence-electron chi connectivity index (χ0n) is 11.2. The molecule has 4 nitrogen and oxygen atoms in total. The van der Waals surface area contributed by atoms with Crippen LogP contribution in [-0.2, 0) is 0 Å². The van der Waals surface area contributed by atoms with Gasteiger partial charge in [0.25, 0.3) is 5.76 Å². The number of alkyl halides is 2. The van der Waals surface area contributed by atoms with Gasteiger partial charge in [-0.2, -0.15) is 8.78 Å². The van der Waals surface area contributed by atoms with E-state index in [0.717, 1.165) is 6.42 Å². The summed E-state index contributed by atoms with van der Waals surface area (Å²) >= 11 is 0.459. The third-order valence-electron chi connectivity index (χ3n) is 2.48. The highest BCUT2D eigenvalue weighted by Gasteiger charge is 2.12. The molecule has 1 rings (SSSR count). The van der Waals surface area contributed by atoms with Gasteiger partial charge >= 0.3 is 6.03 Å². The molecule has 1 aromatic rings. The first-order valence-electron chi connectivity index (χ1n) is 6.28. The number of nitrogens with zero attached hydrogens (tertiary/aromatic N) is 1. The first-order chi connectivity index (χ1) is 9.56. The van der Waals surface area contributed by atoms with E-state index in [0.29, 0.717) is 28.9 Å². The van der Waals surface area contributed by atoms with Crippen LogP contribution in [0.2, 0.25) is 0 Å². The first kappa shape index (κ1) is 16.7. The van der Waals surface area contributed by atoms with Crippen molar-refractivity contribution in [3.05, 3.63) is 24.3 Å². The largest absolute Gasteiger partial charge is 0.395 e. The molecule has 0 saturated heterocycles. The number of aliphatic hydroxyl groups is 1. The van der Waals surface area contributed by atoms with Crippen LogP contribution in [0, 0.1) is 0 Å². The monoisotopic (exact) mass is 304 g/mol. The lowest BCUT2D eigenvalue weighted by Crippen LogP contribution is -2.37. The van der Waals surface area contributed by atoms with E-state index in [9.17, 15) is 13.6 Å². The van der Waals surface area contributed by atoms with Gasteiger partial charge in [-0.3, -0.25) is 0 Å². The van der Waals surface area contributed by atoms with Crippen molar-refractivity contribution < 1.29 is 18.7 Å². The summed E-state index contributed by atoms with van der Waals surface area (Å²) < 4.78 is 24.3. The smallest absolute Gasteiger partial charge is 0.321 e. The second-order valence-corrected chi connectivity index (χ2v) is 5.11.